The van der Waals surface area contributed by atoms with Crippen LogP contribution in [0.3, 0.4) is 0 Å². The van der Waals surface area contributed by atoms with Crippen molar-refractivity contribution >= 4 is 0 Å². The molecule has 1 aromatic heterocycles. The predicted octanol–water partition coefficient (Wildman–Crippen LogP) is 3.42. The second-order valence-electron chi connectivity index (χ2n) is 5.44. The summed E-state index contributed by atoms with van der Waals surface area (Å²) in [4.78, 5) is 0. The highest BCUT2D eigenvalue weighted by atomic mass is 15.1. The third-order valence-electron chi connectivity index (χ3n) is 4.11. The molecule has 1 aliphatic rings. The molecule has 2 rings (SSSR count). The van der Waals surface area contributed by atoms with Crippen LogP contribution in [0, 0.1) is 5.92 Å². The zero-order chi connectivity index (χ0) is 12.1. The molecule has 1 aliphatic carbocycles. The van der Waals surface area contributed by atoms with Crippen LogP contribution in [0.1, 0.15) is 64.1 Å². The number of nitrogens with zero attached hydrogens (tertiary/aromatic N) is 1. The molecule has 96 valence electrons. The Hall–Kier alpha value is -0.830. The van der Waals surface area contributed by atoms with Crippen molar-refractivity contribution in [3.63, 3.8) is 0 Å². The topological polar surface area (TPSA) is 40.7 Å². The van der Waals surface area contributed by atoms with Gasteiger partial charge in [-0.05, 0) is 38.7 Å². The lowest BCUT2D eigenvalue weighted by atomic mass is 9.92. The largest absolute Gasteiger partial charge is 0.306 e. The molecular weight excluding hydrogens is 210 g/mol. The molecule has 0 amide bonds. The summed E-state index contributed by atoms with van der Waals surface area (Å²) in [7, 11) is 0. The number of hydrogen-bond acceptors (Lipinski definition) is 2. The quantitative estimate of drug-likeness (QED) is 0.785. The van der Waals surface area contributed by atoms with E-state index in [0.717, 1.165) is 5.92 Å². The van der Waals surface area contributed by atoms with E-state index in [1.54, 1.807) is 0 Å². The first-order valence-electron chi connectivity index (χ1n) is 7.02. The summed E-state index contributed by atoms with van der Waals surface area (Å²) in [5.41, 5.74) is 1.19. The van der Waals surface area contributed by atoms with E-state index >= 15 is 0 Å². The van der Waals surface area contributed by atoms with E-state index in [2.05, 4.69) is 35.4 Å². The molecule has 1 heterocycles. The number of nitrogens with one attached hydrogen (secondary N) is 2. The SMILES string of the molecule is CC(N[C@H](C)C1CCCCCC1)c1ccn[nH]1. The van der Waals surface area contributed by atoms with Crippen molar-refractivity contribution in [2.24, 2.45) is 5.92 Å². The Bertz CT molecular complexity index is 299. The Morgan fingerprint density at radius 1 is 1.24 bits per heavy atom. The maximum atomic E-state index is 4.01. The molecule has 0 aliphatic heterocycles. The lowest BCUT2D eigenvalue weighted by Crippen LogP contribution is -2.35. The minimum atomic E-state index is 0.371. The fourth-order valence-corrected chi connectivity index (χ4v) is 2.94. The molecule has 3 nitrogen and oxygen atoms in total. The molecule has 0 spiro atoms. The van der Waals surface area contributed by atoms with Crippen LogP contribution < -0.4 is 5.32 Å². The first-order valence-corrected chi connectivity index (χ1v) is 7.02. The third-order valence-corrected chi connectivity index (χ3v) is 4.11. The van der Waals surface area contributed by atoms with E-state index in [9.17, 15) is 0 Å². The summed E-state index contributed by atoms with van der Waals surface area (Å²) in [5, 5.41) is 10.8. The van der Waals surface area contributed by atoms with Gasteiger partial charge < -0.3 is 5.32 Å². The van der Waals surface area contributed by atoms with Crippen LogP contribution in [0.2, 0.25) is 0 Å². The van der Waals surface area contributed by atoms with E-state index in [1.165, 1.54) is 44.2 Å². The van der Waals surface area contributed by atoms with Crippen molar-refractivity contribution in [2.75, 3.05) is 0 Å². The highest BCUT2D eigenvalue weighted by Gasteiger charge is 2.20. The van der Waals surface area contributed by atoms with Gasteiger partial charge in [0.05, 0.1) is 5.69 Å². The van der Waals surface area contributed by atoms with Crippen molar-refractivity contribution in [1.29, 1.82) is 0 Å². The van der Waals surface area contributed by atoms with Crippen molar-refractivity contribution in [3.05, 3.63) is 18.0 Å². The predicted molar refractivity (Wildman–Crippen MR) is 70.8 cm³/mol. The molecule has 1 saturated carbocycles. The maximum Gasteiger partial charge on any atom is 0.0518 e. The molecule has 1 unspecified atom stereocenters. The number of H-pyrrole nitrogens is 1. The average molecular weight is 235 g/mol. The Kier molecular flexibility index (Phi) is 4.60. The van der Waals surface area contributed by atoms with Gasteiger partial charge in [-0.3, -0.25) is 5.10 Å². The normalized spacial score (nSPS) is 22.0. The molecule has 0 radical (unpaired) electrons. The molecule has 2 atom stereocenters. The van der Waals surface area contributed by atoms with Gasteiger partial charge in [-0.2, -0.15) is 5.10 Å². The highest BCUT2D eigenvalue weighted by Crippen LogP contribution is 2.26. The van der Waals surface area contributed by atoms with Gasteiger partial charge in [0, 0.05) is 18.3 Å². The molecule has 17 heavy (non-hydrogen) atoms. The monoisotopic (exact) mass is 235 g/mol. The molecule has 1 aromatic rings. The van der Waals surface area contributed by atoms with Gasteiger partial charge in [-0.25, -0.2) is 0 Å². The van der Waals surface area contributed by atoms with Crippen LogP contribution in [0.15, 0.2) is 12.3 Å². The Labute approximate surface area is 104 Å². The van der Waals surface area contributed by atoms with Gasteiger partial charge in [0.2, 0.25) is 0 Å². The molecule has 0 bridgehead atoms. The van der Waals surface area contributed by atoms with Gasteiger partial charge in [0.15, 0.2) is 0 Å². The summed E-state index contributed by atoms with van der Waals surface area (Å²) in [6.45, 7) is 4.55. The lowest BCUT2D eigenvalue weighted by Gasteiger charge is -2.26. The van der Waals surface area contributed by atoms with Crippen LogP contribution in [-0.4, -0.2) is 16.2 Å². The zero-order valence-electron chi connectivity index (χ0n) is 11.1. The van der Waals surface area contributed by atoms with E-state index in [-0.39, 0.29) is 0 Å². The summed E-state index contributed by atoms with van der Waals surface area (Å²) in [6.07, 6.45) is 10.3. The van der Waals surface area contributed by atoms with Gasteiger partial charge in [0.1, 0.15) is 0 Å². The van der Waals surface area contributed by atoms with Gasteiger partial charge >= 0.3 is 0 Å². The van der Waals surface area contributed by atoms with Crippen LogP contribution in [-0.2, 0) is 0 Å². The lowest BCUT2D eigenvalue weighted by molar-refractivity contribution is 0.314. The summed E-state index contributed by atoms with van der Waals surface area (Å²) in [6, 6.07) is 3.03. The minimum Gasteiger partial charge on any atom is -0.306 e. The fraction of sp³-hybridized carbons (Fsp3) is 0.786. The van der Waals surface area contributed by atoms with Crippen molar-refractivity contribution < 1.29 is 0 Å². The Morgan fingerprint density at radius 2 is 1.94 bits per heavy atom. The molecule has 1 fully saturated rings. The summed E-state index contributed by atoms with van der Waals surface area (Å²) in [5.74, 6) is 0.850. The Morgan fingerprint density at radius 3 is 2.53 bits per heavy atom. The highest BCUT2D eigenvalue weighted by molar-refractivity contribution is 5.03. The van der Waals surface area contributed by atoms with Gasteiger partial charge in [-0.1, -0.05) is 25.7 Å². The minimum absolute atomic E-state index is 0.371. The van der Waals surface area contributed by atoms with Crippen LogP contribution in [0.25, 0.3) is 0 Å². The maximum absolute atomic E-state index is 4.01. The average Bonchev–Trinajstić information content (AvgIpc) is 2.71. The Balaban J connectivity index is 1.85. The number of aromatic amines is 1. The molecule has 3 heteroatoms. The molecule has 2 N–H and O–H groups in total. The van der Waals surface area contributed by atoms with Crippen molar-refractivity contribution in [3.8, 4) is 0 Å². The third kappa shape index (κ3) is 3.56. The van der Waals surface area contributed by atoms with E-state index < -0.39 is 0 Å². The van der Waals surface area contributed by atoms with E-state index in [4.69, 9.17) is 0 Å². The van der Waals surface area contributed by atoms with Crippen molar-refractivity contribution in [2.45, 2.75) is 64.5 Å². The number of rotatable bonds is 4. The van der Waals surface area contributed by atoms with E-state index in [0.29, 0.717) is 12.1 Å². The molecule has 0 saturated heterocycles. The first-order chi connectivity index (χ1) is 8.27. The second kappa shape index (κ2) is 6.20. The summed E-state index contributed by atoms with van der Waals surface area (Å²) >= 11 is 0. The molecular formula is C14H25N3. The van der Waals surface area contributed by atoms with Gasteiger partial charge in [0.25, 0.3) is 0 Å². The second-order valence-corrected chi connectivity index (χ2v) is 5.44. The standard InChI is InChI=1S/C14H25N3/c1-11(13-7-5-3-4-6-8-13)16-12(2)14-9-10-15-17-14/h9-13,16H,3-8H2,1-2H3,(H,15,17)/t11-,12?/m1/s1. The van der Waals surface area contributed by atoms with Crippen LogP contribution >= 0.6 is 0 Å². The number of aromatic nitrogens is 2. The smallest absolute Gasteiger partial charge is 0.0518 e. The first kappa shape index (κ1) is 12.6. The van der Waals surface area contributed by atoms with Crippen LogP contribution in [0.4, 0.5) is 0 Å². The molecule has 0 aromatic carbocycles. The van der Waals surface area contributed by atoms with Crippen LogP contribution in [0.5, 0.6) is 0 Å². The van der Waals surface area contributed by atoms with Crippen molar-refractivity contribution in [1.82, 2.24) is 15.5 Å². The fourth-order valence-electron chi connectivity index (χ4n) is 2.94. The van der Waals surface area contributed by atoms with E-state index in [1.807, 2.05) is 6.20 Å². The number of hydrogen-bond donors (Lipinski definition) is 2. The summed E-state index contributed by atoms with van der Waals surface area (Å²) < 4.78 is 0. The van der Waals surface area contributed by atoms with Gasteiger partial charge in [-0.15, -0.1) is 0 Å². The zero-order valence-corrected chi connectivity index (χ0v) is 11.1.